The number of nitrogens with two attached hydrogens (primary N) is 1. The van der Waals surface area contributed by atoms with E-state index < -0.39 is 23.1 Å². The number of carbonyl (C=O) groups is 1. The topological polar surface area (TPSA) is 87.3 Å². The van der Waals surface area contributed by atoms with Gasteiger partial charge in [-0.1, -0.05) is 0 Å². The molecule has 0 saturated heterocycles. The Hall–Kier alpha value is -3.85. The summed E-state index contributed by atoms with van der Waals surface area (Å²) in [7, 11) is 1.59. The lowest BCUT2D eigenvalue weighted by Gasteiger charge is -2.08. The van der Waals surface area contributed by atoms with Gasteiger partial charge in [-0.3, -0.25) is 9.78 Å². The van der Waals surface area contributed by atoms with E-state index in [1.807, 2.05) is 36.4 Å². The molecule has 0 atom stereocenters. The Morgan fingerprint density at radius 3 is 2.41 bits per heavy atom. The molecule has 4 rings (SSSR count). The van der Waals surface area contributed by atoms with E-state index >= 15 is 0 Å². The Labute approximate surface area is 186 Å². The van der Waals surface area contributed by atoms with E-state index in [1.54, 1.807) is 19.5 Å². The van der Waals surface area contributed by atoms with Crippen LogP contribution in [0, 0.1) is 11.6 Å². The smallest absolute Gasteiger partial charge is 0.254 e. The van der Waals surface area contributed by atoms with Gasteiger partial charge in [0, 0.05) is 18.0 Å². The number of amides is 1. The molecule has 0 bridgehead atoms. The number of nitrogens with zero attached hydrogens (tertiary/aromatic N) is 2. The summed E-state index contributed by atoms with van der Waals surface area (Å²) in [6, 6.07) is 13.2. The molecule has 0 aliphatic heterocycles. The molecule has 2 N–H and O–H groups in total. The van der Waals surface area contributed by atoms with Crippen LogP contribution in [0.4, 0.5) is 8.78 Å². The average Bonchev–Trinajstić information content (AvgIpc) is 3.23. The van der Waals surface area contributed by atoms with Crippen LogP contribution in [0.1, 0.15) is 15.4 Å². The molecule has 0 spiro atoms. The zero-order valence-electron chi connectivity index (χ0n) is 16.8. The summed E-state index contributed by atoms with van der Waals surface area (Å²) < 4.78 is 38.9. The van der Waals surface area contributed by atoms with Crippen molar-refractivity contribution < 1.29 is 23.0 Å². The molecular weight excluding hydrogens is 436 g/mol. The molecule has 0 radical (unpaired) electrons. The highest BCUT2D eigenvalue weighted by Crippen LogP contribution is 2.37. The number of hydrogen-bond donors (Lipinski definition) is 1. The van der Waals surface area contributed by atoms with E-state index in [9.17, 15) is 13.6 Å². The van der Waals surface area contributed by atoms with Crippen LogP contribution in [0.25, 0.3) is 21.7 Å². The lowest BCUT2D eigenvalue weighted by Crippen LogP contribution is -2.16. The normalized spacial score (nSPS) is 10.7. The molecule has 0 unspecified atom stereocenters. The molecule has 2 heterocycles. The number of carbonyl (C=O) groups excluding carboxylic acids is 1. The molecule has 6 nitrogen and oxygen atoms in total. The van der Waals surface area contributed by atoms with Crippen molar-refractivity contribution in [1.29, 1.82) is 0 Å². The van der Waals surface area contributed by atoms with E-state index in [4.69, 9.17) is 15.2 Å². The van der Waals surface area contributed by atoms with E-state index in [2.05, 4.69) is 9.97 Å². The number of primary amides is 1. The summed E-state index contributed by atoms with van der Waals surface area (Å²) in [5.41, 5.74) is 6.73. The van der Waals surface area contributed by atoms with Gasteiger partial charge in [-0.2, -0.15) is 0 Å². The number of halogens is 2. The molecular formula is C23H17F2N3O3S. The van der Waals surface area contributed by atoms with Crippen LogP contribution in [-0.2, 0) is 6.61 Å². The third-order valence-electron chi connectivity index (χ3n) is 4.63. The molecule has 0 fully saturated rings. The Balaban J connectivity index is 1.68. The summed E-state index contributed by atoms with van der Waals surface area (Å²) in [5, 5.41) is 0.562. The maximum Gasteiger partial charge on any atom is 0.254 e. The number of rotatable bonds is 7. The predicted molar refractivity (Wildman–Crippen MR) is 117 cm³/mol. The Morgan fingerprint density at radius 2 is 1.75 bits per heavy atom. The average molecular weight is 453 g/mol. The van der Waals surface area contributed by atoms with Gasteiger partial charge in [-0.05, 0) is 54.1 Å². The van der Waals surface area contributed by atoms with Crippen molar-refractivity contribution in [3.8, 4) is 33.2 Å². The first-order valence-corrected chi connectivity index (χ1v) is 10.2. The van der Waals surface area contributed by atoms with Gasteiger partial charge < -0.3 is 15.2 Å². The van der Waals surface area contributed by atoms with Gasteiger partial charge in [0.25, 0.3) is 5.91 Å². The largest absolute Gasteiger partial charge is 0.497 e. The van der Waals surface area contributed by atoms with Crippen LogP contribution in [0.2, 0.25) is 0 Å². The van der Waals surface area contributed by atoms with Crippen molar-refractivity contribution in [3.63, 3.8) is 0 Å². The summed E-state index contributed by atoms with van der Waals surface area (Å²) >= 11 is 1.37. The number of thiazole rings is 1. The van der Waals surface area contributed by atoms with Crippen molar-refractivity contribution in [2.24, 2.45) is 5.73 Å². The zero-order chi connectivity index (χ0) is 22.7. The fourth-order valence-corrected chi connectivity index (χ4v) is 4.08. The second-order valence-corrected chi connectivity index (χ2v) is 7.72. The molecule has 2 aromatic carbocycles. The monoisotopic (exact) mass is 453 g/mol. The van der Waals surface area contributed by atoms with Crippen LogP contribution in [-0.4, -0.2) is 23.0 Å². The van der Waals surface area contributed by atoms with Gasteiger partial charge in [0.1, 0.15) is 28.7 Å². The standard InChI is InChI=1S/C23H17F2N3O3S/c1-30-15-4-2-13(3-5-15)21-22(14-8-10-27-11-9-14)32-18(28-21)12-31-17-7-6-16(24)19(20(17)25)23(26)29/h2-11H,12H2,1H3,(H2,26,29). The summed E-state index contributed by atoms with van der Waals surface area (Å²) in [5.74, 6) is -2.96. The zero-order valence-corrected chi connectivity index (χ0v) is 17.7. The molecule has 4 aromatic rings. The van der Waals surface area contributed by atoms with Crippen LogP contribution >= 0.6 is 11.3 Å². The van der Waals surface area contributed by atoms with E-state index in [0.29, 0.717) is 5.01 Å². The quantitative estimate of drug-likeness (QED) is 0.433. The number of hydrogen-bond acceptors (Lipinski definition) is 6. The molecule has 9 heteroatoms. The Bertz CT molecular complexity index is 1260. The van der Waals surface area contributed by atoms with E-state index in [1.165, 1.54) is 11.3 Å². The van der Waals surface area contributed by atoms with Crippen LogP contribution < -0.4 is 15.2 Å². The van der Waals surface area contributed by atoms with E-state index in [-0.39, 0.29) is 12.4 Å². The maximum absolute atomic E-state index is 14.5. The van der Waals surface area contributed by atoms with Crippen LogP contribution in [0.15, 0.2) is 60.9 Å². The summed E-state index contributed by atoms with van der Waals surface area (Å²) in [4.78, 5) is 20.9. The summed E-state index contributed by atoms with van der Waals surface area (Å²) in [6.07, 6.45) is 3.37. The highest BCUT2D eigenvalue weighted by molar-refractivity contribution is 7.15. The first kappa shape index (κ1) is 21.4. The summed E-state index contributed by atoms with van der Waals surface area (Å²) in [6.45, 7) is -0.0837. The number of aromatic nitrogens is 2. The Kier molecular flexibility index (Phi) is 6.09. The second kappa shape index (κ2) is 9.11. The number of benzene rings is 2. The van der Waals surface area contributed by atoms with Gasteiger partial charge in [-0.25, -0.2) is 13.8 Å². The number of methoxy groups -OCH3 is 1. The minimum atomic E-state index is -1.21. The fraction of sp³-hybridized carbons (Fsp3) is 0.0870. The Morgan fingerprint density at radius 1 is 1.03 bits per heavy atom. The highest BCUT2D eigenvalue weighted by Gasteiger charge is 2.20. The molecule has 1 amide bonds. The molecule has 0 aliphatic carbocycles. The molecule has 32 heavy (non-hydrogen) atoms. The van der Waals surface area contributed by atoms with Crippen molar-refractivity contribution in [3.05, 3.63) is 83.1 Å². The van der Waals surface area contributed by atoms with Crippen LogP contribution in [0.5, 0.6) is 11.5 Å². The number of pyridine rings is 1. The van der Waals surface area contributed by atoms with Crippen molar-refractivity contribution >= 4 is 17.2 Å². The minimum absolute atomic E-state index is 0.0837. The number of ether oxygens (including phenoxy) is 2. The minimum Gasteiger partial charge on any atom is -0.497 e. The van der Waals surface area contributed by atoms with Crippen molar-refractivity contribution in [1.82, 2.24) is 9.97 Å². The lowest BCUT2D eigenvalue weighted by molar-refractivity contribution is 0.0991. The second-order valence-electron chi connectivity index (χ2n) is 6.64. The fourth-order valence-electron chi connectivity index (χ4n) is 3.08. The molecule has 2 aromatic heterocycles. The molecule has 0 saturated carbocycles. The van der Waals surface area contributed by atoms with Gasteiger partial charge in [0.2, 0.25) is 0 Å². The van der Waals surface area contributed by atoms with E-state index in [0.717, 1.165) is 39.6 Å². The van der Waals surface area contributed by atoms with Gasteiger partial charge in [-0.15, -0.1) is 11.3 Å². The third kappa shape index (κ3) is 4.28. The highest BCUT2D eigenvalue weighted by atomic mass is 32.1. The first-order valence-electron chi connectivity index (χ1n) is 9.43. The maximum atomic E-state index is 14.5. The first-order chi connectivity index (χ1) is 15.5. The predicted octanol–water partition coefficient (Wildman–Crippen LogP) is 4.84. The van der Waals surface area contributed by atoms with Crippen molar-refractivity contribution in [2.45, 2.75) is 6.61 Å². The lowest BCUT2D eigenvalue weighted by atomic mass is 10.1. The van der Waals surface area contributed by atoms with Crippen LogP contribution in [0.3, 0.4) is 0 Å². The van der Waals surface area contributed by atoms with Gasteiger partial charge in [0.05, 0.1) is 17.7 Å². The molecule has 162 valence electrons. The SMILES string of the molecule is COc1ccc(-c2nc(COc3ccc(F)c(C(N)=O)c3F)sc2-c2ccncc2)cc1. The van der Waals surface area contributed by atoms with Crippen molar-refractivity contribution in [2.75, 3.05) is 7.11 Å². The molecule has 0 aliphatic rings. The van der Waals surface area contributed by atoms with Gasteiger partial charge >= 0.3 is 0 Å². The third-order valence-corrected chi connectivity index (χ3v) is 5.71. The van der Waals surface area contributed by atoms with Gasteiger partial charge in [0.15, 0.2) is 11.6 Å².